The van der Waals surface area contributed by atoms with Gasteiger partial charge < -0.3 is 19.1 Å². The van der Waals surface area contributed by atoms with Gasteiger partial charge in [-0.3, -0.25) is 14.4 Å². The van der Waals surface area contributed by atoms with Gasteiger partial charge in [0, 0.05) is 67.8 Å². The van der Waals surface area contributed by atoms with Gasteiger partial charge in [0.05, 0.1) is 6.20 Å². The van der Waals surface area contributed by atoms with Crippen molar-refractivity contribution < 1.29 is 18.8 Å². The molecule has 43 heavy (non-hydrogen) atoms. The lowest BCUT2D eigenvalue weighted by molar-refractivity contribution is -0.140. The minimum atomic E-state index is -0.648. The Morgan fingerprint density at radius 1 is 1.00 bits per heavy atom. The quantitative estimate of drug-likeness (QED) is 0.259. The predicted octanol–water partition coefficient (Wildman–Crippen LogP) is 6.06. The van der Waals surface area contributed by atoms with E-state index < -0.39 is 6.04 Å². The third-order valence-corrected chi connectivity index (χ3v) is 8.54. The van der Waals surface area contributed by atoms with Crippen molar-refractivity contribution in [3.05, 3.63) is 101 Å². The molecule has 3 amide bonds. The highest BCUT2D eigenvalue weighted by atomic mass is 35.5. The molecule has 0 radical (unpaired) electrons. The summed E-state index contributed by atoms with van der Waals surface area (Å²) in [5, 5.41) is 0.637. The number of benzene rings is 3. The topological polar surface area (TPSA) is 87.0 Å². The molecule has 1 saturated heterocycles. The molecular formula is C34H33ClN4O4. The summed E-state index contributed by atoms with van der Waals surface area (Å²) in [6.45, 7) is 1.07. The predicted molar refractivity (Wildman–Crippen MR) is 166 cm³/mol. The van der Waals surface area contributed by atoms with Gasteiger partial charge in [0.15, 0.2) is 11.7 Å². The Bertz CT molecular complexity index is 1630. The summed E-state index contributed by atoms with van der Waals surface area (Å²) < 4.78 is 5.91. The fourth-order valence-electron chi connectivity index (χ4n) is 5.82. The van der Waals surface area contributed by atoms with Crippen molar-refractivity contribution in [2.75, 3.05) is 23.4 Å². The lowest BCUT2D eigenvalue weighted by Gasteiger charge is -2.38. The largest absolute Gasteiger partial charge is 0.441 e. The molecule has 2 aliphatic rings. The molecule has 4 aromatic rings. The maximum absolute atomic E-state index is 13.9. The number of likely N-dealkylation sites (N-methyl/N-ethyl adjacent to an activating group) is 1. The zero-order valence-corrected chi connectivity index (χ0v) is 24.8. The number of halogens is 1. The van der Waals surface area contributed by atoms with Crippen molar-refractivity contribution in [2.24, 2.45) is 0 Å². The summed E-state index contributed by atoms with van der Waals surface area (Å²) in [7, 11) is 1.73. The number of aryl methyl sites for hydroxylation is 1. The van der Waals surface area contributed by atoms with Crippen molar-refractivity contribution >= 4 is 40.7 Å². The molecule has 8 nitrogen and oxygen atoms in total. The molecule has 0 spiro atoms. The summed E-state index contributed by atoms with van der Waals surface area (Å²) in [4.78, 5) is 49.4. The molecule has 3 heterocycles. The van der Waals surface area contributed by atoms with E-state index in [1.807, 2.05) is 60.7 Å². The van der Waals surface area contributed by atoms with Crippen LogP contribution in [-0.2, 0) is 33.8 Å². The van der Waals surface area contributed by atoms with E-state index in [2.05, 4.69) is 4.98 Å². The van der Waals surface area contributed by atoms with Gasteiger partial charge in [0.1, 0.15) is 6.04 Å². The van der Waals surface area contributed by atoms with Crippen molar-refractivity contribution in [2.45, 2.75) is 51.1 Å². The van der Waals surface area contributed by atoms with E-state index in [1.54, 1.807) is 40.1 Å². The SMILES string of the molecule is CN(C(=O)[C@@H]1Cc2ccccc2CN1C(=O)CCc1ncc(-c2ccc(Cl)cc2)o1)c1ccc(N2CCCCC2=O)cc1. The smallest absolute Gasteiger partial charge is 0.249 e. The molecule has 6 rings (SSSR count). The normalized spacial score (nSPS) is 16.6. The number of anilines is 2. The van der Waals surface area contributed by atoms with E-state index in [0.717, 1.165) is 35.2 Å². The van der Waals surface area contributed by atoms with Crippen molar-refractivity contribution in [3.63, 3.8) is 0 Å². The second-order valence-corrected chi connectivity index (χ2v) is 11.5. The average molecular weight is 597 g/mol. The summed E-state index contributed by atoms with van der Waals surface area (Å²) in [6.07, 6.45) is 5.03. The molecule has 0 saturated carbocycles. The monoisotopic (exact) mass is 596 g/mol. The zero-order chi connectivity index (χ0) is 29.9. The first-order chi connectivity index (χ1) is 20.9. The van der Waals surface area contributed by atoms with Crippen LogP contribution in [0.4, 0.5) is 11.4 Å². The van der Waals surface area contributed by atoms with Crippen LogP contribution in [0, 0.1) is 0 Å². The van der Waals surface area contributed by atoms with Gasteiger partial charge in [-0.15, -0.1) is 0 Å². The molecule has 2 aliphatic heterocycles. The molecule has 0 aliphatic carbocycles. The lowest BCUT2D eigenvalue weighted by atomic mass is 9.92. The summed E-state index contributed by atoms with van der Waals surface area (Å²) in [5.41, 5.74) is 4.51. The molecule has 0 unspecified atom stereocenters. The van der Waals surface area contributed by atoms with E-state index in [-0.39, 0.29) is 24.1 Å². The van der Waals surface area contributed by atoms with Gasteiger partial charge in [0.2, 0.25) is 17.7 Å². The molecule has 3 aromatic carbocycles. The highest BCUT2D eigenvalue weighted by Crippen LogP contribution is 2.29. The first-order valence-corrected chi connectivity index (χ1v) is 15.0. The number of rotatable bonds is 7. The molecule has 9 heteroatoms. The average Bonchev–Trinajstić information content (AvgIpc) is 3.52. The molecular weight excluding hydrogens is 564 g/mol. The minimum absolute atomic E-state index is 0.129. The van der Waals surface area contributed by atoms with Gasteiger partial charge >= 0.3 is 0 Å². The number of fused-ring (bicyclic) bond motifs is 1. The number of hydrogen-bond acceptors (Lipinski definition) is 5. The van der Waals surface area contributed by atoms with Crippen LogP contribution in [0.2, 0.25) is 5.02 Å². The van der Waals surface area contributed by atoms with Crippen LogP contribution in [0.5, 0.6) is 0 Å². The van der Waals surface area contributed by atoms with Crippen LogP contribution in [0.1, 0.15) is 42.7 Å². The summed E-state index contributed by atoms with van der Waals surface area (Å²) in [5.74, 6) is 0.904. The highest BCUT2D eigenvalue weighted by molar-refractivity contribution is 6.30. The van der Waals surface area contributed by atoms with Crippen LogP contribution < -0.4 is 9.80 Å². The summed E-state index contributed by atoms with van der Waals surface area (Å²) in [6, 6.07) is 22.1. The molecule has 1 fully saturated rings. The van der Waals surface area contributed by atoms with Gasteiger partial charge in [-0.2, -0.15) is 0 Å². The first-order valence-electron chi connectivity index (χ1n) is 14.6. The Hall–Kier alpha value is -4.43. The number of carbonyl (C=O) groups is 3. The zero-order valence-electron chi connectivity index (χ0n) is 24.0. The number of carbonyl (C=O) groups excluding carboxylic acids is 3. The number of oxazole rings is 1. The molecule has 220 valence electrons. The van der Waals surface area contributed by atoms with Crippen LogP contribution in [0.3, 0.4) is 0 Å². The van der Waals surface area contributed by atoms with E-state index in [4.69, 9.17) is 16.0 Å². The Balaban J connectivity index is 1.17. The third-order valence-electron chi connectivity index (χ3n) is 8.29. The fourth-order valence-corrected chi connectivity index (χ4v) is 5.95. The van der Waals surface area contributed by atoms with E-state index in [9.17, 15) is 14.4 Å². The third kappa shape index (κ3) is 6.20. The number of amides is 3. The highest BCUT2D eigenvalue weighted by Gasteiger charge is 2.36. The molecule has 0 bridgehead atoms. The van der Waals surface area contributed by atoms with Crippen LogP contribution in [0.15, 0.2) is 83.4 Å². The molecule has 0 N–H and O–H groups in total. The van der Waals surface area contributed by atoms with Crippen molar-refractivity contribution in [1.29, 1.82) is 0 Å². The van der Waals surface area contributed by atoms with Gasteiger partial charge in [-0.05, 0) is 72.5 Å². The Kier molecular flexibility index (Phi) is 8.29. The second-order valence-electron chi connectivity index (χ2n) is 11.1. The second kappa shape index (κ2) is 12.4. The Morgan fingerprint density at radius 2 is 1.74 bits per heavy atom. The Morgan fingerprint density at radius 3 is 2.49 bits per heavy atom. The first kappa shape index (κ1) is 28.7. The number of aromatic nitrogens is 1. The van der Waals surface area contributed by atoms with Gasteiger partial charge in [-0.1, -0.05) is 35.9 Å². The fraction of sp³-hybridized carbons (Fsp3) is 0.294. The van der Waals surface area contributed by atoms with Crippen LogP contribution >= 0.6 is 11.6 Å². The lowest BCUT2D eigenvalue weighted by Crippen LogP contribution is -2.53. The van der Waals surface area contributed by atoms with Crippen molar-refractivity contribution in [3.8, 4) is 11.3 Å². The van der Waals surface area contributed by atoms with Crippen LogP contribution in [-0.4, -0.2) is 47.2 Å². The Labute approximate surface area is 255 Å². The maximum Gasteiger partial charge on any atom is 0.249 e. The maximum atomic E-state index is 13.9. The van der Waals surface area contributed by atoms with Crippen molar-refractivity contribution in [1.82, 2.24) is 9.88 Å². The van der Waals surface area contributed by atoms with E-state index in [0.29, 0.717) is 54.7 Å². The number of nitrogens with zero attached hydrogens (tertiary/aromatic N) is 4. The molecule has 1 aromatic heterocycles. The van der Waals surface area contributed by atoms with E-state index in [1.165, 1.54) is 0 Å². The molecule has 1 atom stereocenters. The number of hydrogen-bond donors (Lipinski definition) is 0. The minimum Gasteiger partial charge on any atom is -0.441 e. The van der Waals surface area contributed by atoms with Gasteiger partial charge in [0.25, 0.3) is 0 Å². The van der Waals surface area contributed by atoms with Gasteiger partial charge in [-0.25, -0.2) is 4.98 Å². The standard InChI is InChI=1S/C34H33ClN4O4/c1-37(27-13-15-28(16-14-27)38-19-5-4-8-32(38)40)34(42)29-20-24-6-2-3-7-25(24)22-39(29)33(41)18-17-31-36-21-30(43-31)23-9-11-26(35)12-10-23/h2-3,6-7,9-16,21,29H,4-5,8,17-20,22H2,1H3/t29-/m0/s1. The van der Waals surface area contributed by atoms with E-state index >= 15 is 0 Å². The van der Waals surface area contributed by atoms with Crippen LogP contribution in [0.25, 0.3) is 11.3 Å². The number of piperidine rings is 1. The summed E-state index contributed by atoms with van der Waals surface area (Å²) >= 11 is 5.99.